The molecule has 140 valence electrons. The Morgan fingerprint density at radius 1 is 1.26 bits per heavy atom. The van der Waals surface area contributed by atoms with E-state index < -0.39 is 0 Å². The summed E-state index contributed by atoms with van der Waals surface area (Å²) < 4.78 is 0.640. The molecule has 0 radical (unpaired) electrons. The minimum Gasteiger partial charge on any atom is -0.358 e. The maximum Gasteiger partial charge on any atom is 0.228 e. The Balaban J connectivity index is 1.86. The highest BCUT2D eigenvalue weighted by Crippen LogP contribution is 2.36. The van der Waals surface area contributed by atoms with Gasteiger partial charge >= 0.3 is 0 Å². The molecule has 1 aliphatic rings. The molecule has 1 amide bonds. The van der Waals surface area contributed by atoms with Crippen LogP contribution in [-0.4, -0.2) is 26.2 Å². The molecule has 5 nitrogen and oxygen atoms in total. The van der Waals surface area contributed by atoms with Crippen molar-refractivity contribution < 1.29 is 4.79 Å². The smallest absolute Gasteiger partial charge is 0.228 e. The van der Waals surface area contributed by atoms with Gasteiger partial charge in [-0.05, 0) is 33.6 Å². The van der Waals surface area contributed by atoms with E-state index in [1.807, 2.05) is 24.3 Å². The molecule has 3 heterocycles. The number of halogens is 2. The number of para-hydroxylation sites is 1. The van der Waals surface area contributed by atoms with Crippen LogP contribution in [0.2, 0.25) is 0 Å². The number of alkyl halides is 1. The second-order valence-electron chi connectivity index (χ2n) is 7.39. The summed E-state index contributed by atoms with van der Waals surface area (Å²) in [4.78, 5) is 23.7. The molecule has 3 aromatic rings. The Bertz CT molecular complexity index is 1050. The van der Waals surface area contributed by atoms with Crippen LogP contribution in [0.5, 0.6) is 0 Å². The molecule has 0 saturated heterocycles. The molecule has 0 saturated carbocycles. The molecule has 3 N–H and O–H groups in total. The van der Waals surface area contributed by atoms with Crippen LogP contribution in [0.25, 0.3) is 17.0 Å². The number of benzene rings is 1. The van der Waals surface area contributed by atoms with Crippen LogP contribution in [0.4, 0.5) is 0 Å². The van der Waals surface area contributed by atoms with Gasteiger partial charge in [0.2, 0.25) is 5.91 Å². The van der Waals surface area contributed by atoms with E-state index in [-0.39, 0.29) is 16.7 Å². The predicted molar refractivity (Wildman–Crippen MR) is 112 cm³/mol. The first kappa shape index (κ1) is 18.3. The van der Waals surface area contributed by atoms with Crippen molar-refractivity contribution in [1.29, 1.82) is 0 Å². The standard InChI is InChI=1S/C20H20BrClN4O/c1-20(2)16(22)10-15-12(11-5-3-4-6-13(11)24-15)9-17(27)23-8-7-14-18(20)26-19(21)25-14/h3-8,16,24H,9-10H2,1-2H3,(H,23,27)(H,25,26)/b8-7-. The predicted octanol–water partition coefficient (Wildman–Crippen LogP) is 4.42. The highest BCUT2D eigenvalue weighted by Gasteiger charge is 2.35. The monoisotopic (exact) mass is 446 g/mol. The summed E-state index contributed by atoms with van der Waals surface area (Å²) in [6, 6.07) is 8.04. The average Bonchev–Trinajstić information content (AvgIpc) is 3.15. The Morgan fingerprint density at radius 3 is 2.85 bits per heavy atom. The summed E-state index contributed by atoms with van der Waals surface area (Å²) in [6.07, 6.45) is 4.36. The van der Waals surface area contributed by atoms with E-state index in [2.05, 4.69) is 50.0 Å². The Morgan fingerprint density at radius 2 is 2.04 bits per heavy atom. The first-order valence-corrected chi connectivity index (χ1v) is 10.0. The summed E-state index contributed by atoms with van der Waals surface area (Å²) in [5.41, 5.74) is 4.35. The van der Waals surface area contributed by atoms with Gasteiger partial charge in [-0.25, -0.2) is 4.98 Å². The van der Waals surface area contributed by atoms with Crippen molar-refractivity contribution in [3.05, 3.63) is 57.8 Å². The normalized spacial score (nSPS) is 20.9. The number of amides is 1. The minimum atomic E-state index is -0.363. The molecular formula is C20H20BrClN4O. The Kier molecular flexibility index (Phi) is 4.64. The largest absolute Gasteiger partial charge is 0.358 e. The number of hydrogen-bond acceptors (Lipinski definition) is 2. The molecule has 4 rings (SSSR count). The number of carbonyl (C=O) groups excluding carboxylic acids is 1. The lowest BCUT2D eigenvalue weighted by Crippen LogP contribution is -2.33. The van der Waals surface area contributed by atoms with E-state index in [0.717, 1.165) is 33.5 Å². The second kappa shape index (κ2) is 6.84. The van der Waals surface area contributed by atoms with Crippen LogP contribution in [0.3, 0.4) is 0 Å². The fourth-order valence-electron chi connectivity index (χ4n) is 3.62. The van der Waals surface area contributed by atoms with Crippen LogP contribution < -0.4 is 5.32 Å². The van der Waals surface area contributed by atoms with Gasteiger partial charge in [0.15, 0.2) is 4.73 Å². The zero-order valence-electron chi connectivity index (χ0n) is 15.1. The molecule has 1 unspecified atom stereocenters. The number of fused-ring (bicyclic) bond motifs is 4. The molecule has 0 bridgehead atoms. The number of H-pyrrole nitrogens is 2. The molecule has 0 spiro atoms. The van der Waals surface area contributed by atoms with Crippen molar-refractivity contribution >= 4 is 50.4 Å². The number of aromatic nitrogens is 3. The van der Waals surface area contributed by atoms with Crippen molar-refractivity contribution in [3.63, 3.8) is 0 Å². The minimum absolute atomic E-state index is 0.0700. The number of hydrogen-bond donors (Lipinski definition) is 3. The van der Waals surface area contributed by atoms with E-state index >= 15 is 0 Å². The summed E-state index contributed by atoms with van der Waals surface area (Å²) >= 11 is 10.3. The van der Waals surface area contributed by atoms with Gasteiger partial charge in [-0.1, -0.05) is 32.0 Å². The van der Waals surface area contributed by atoms with Crippen molar-refractivity contribution in [2.75, 3.05) is 0 Å². The number of nitrogens with one attached hydrogen (secondary N) is 3. The van der Waals surface area contributed by atoms with Gasteiger partial charge in [0.05, 0.1) is 17.8 Å². The van der Waals surface area contributed by atoms with Crippen LogP contribution in [0.1, 0.15) is 36.5 Å². The molecule has 0 fully saturated rings. The van der Waals surface area contributed by atoms with Gasteiger partial charge in [0, 0.05) is 40.0 Å². The molecule has 1 aromatic carbocycles. The maximum absolute atomic E-state index is 12.5. The fraction of sp³-hybridized carbons (Fsp3) is 0.300. The molecular weight excluding hydrogens is 428 g/mol. The molecule has 27 heavy (non-hydrogen) atoms. The van der Waals surface area contributed by atoms with Gasteiger partial charge in [0.1, 0.15) is 0 Å². The van der Waals surface area contributed by atoms with Crippen LogP contribution in [0.15, 0.2) is 35.2 Å². The van der Waals surface area contributed by atoms with Gasteiger partial charge in [-0.3, -0.25) is 4.79 Å². The van der Waals surface area contributed by atoms with Crippen molar-refractivity contribution in [2.45, 2.75) is 37.5 Å². The van der Waals surface area contributed by atoms with E-state index in [0.29, 0.717) is 17.6 Å². The van der Waals surface area contributed by atoms with Crippen molar-refractivity contribution in [2.24, 2.45) is 0 Å². The highest BCUT2D eigenvalue weighted by molar-refractivity contribution is 9.10. The quantitative estimate of drug-likeness (QED) is 0.446. The van der Waals surface area contributed by atoms with E-state index in [1.165, 1.54) is 0 Å². The van der Waals surface area contributed by atoms with Crippen molar-refractivity contribution in [1.82, 2.24) is 20.3 Å². The number of nitrogens with zero attached hydrogens (tertiary/aromatic N) is 1. The molecule has 1 aliphatic heterocycles. The summed E-state index contributed by atoms with van der Waals surface area (Å²) in [7, 11) is 0. The zero-order valence-corrected chi connectivity index (χ0v) is 17.4. The summed E-state index contributed by atoms with van der Waals surface area (Å²) in [5.74, 6) is -0.0700. The number of aromatic amines is 2. The Hall–Kier alpha value is -2.05. The molecule has 0 aliphatic carbocycles. The average molecular weight is 448 g/mol. The third-order valence-electron chi connectivity index (χ3n) is 5.24. The zero-order chi connectivity index (χ0) is 19.2. The third kappa shape index (κ3) is 3.32. The van der Waals surface area contributed by atoms with Crippen LogP contribution in [0, 0.1) is 0 Å². The summed E-state index contributed by atoms with van der Waals surface area (Å²) in [6.45, 7) is 4.21. The van der Waals surface area contributed by atoms with Crippen molar-refractivity contribution in [3.8, 4) is 0 Å². The first-order chi connectivity index (χ1) is 12.9. The lowest BCUT2D eigenvalue weighted by atomic mass is 9.81. The second-order valence-corrected chi connectivity index (χ2v) is 8.66. The summed E-state index contributed by atoms with van der Waals surface area (Å²) in [5, 5.41) is 3.71. The van der Waals surface area contributed by atoms with Crippen LogP contribution in [-0.2, 0) is 23.1 Å². The highest BCUT2D eigenvalue weighted by atomic mass is 79.9. The van der Waals surface area contributed by atoms with Gasteiger partial charge in [-0.2, -0.15) is 0 Å². The first-order valence-electron chi connectivity index (χ1n) is 8.80. The van der Waals surface area contributed by atoms with E-state index in [4.69, 9.17) is 11.6 Å². The lowest BCUT2D eigenvalue weighted by Gasteiger charge is -2.30. The number of imidazole rings is 1. The fourth-order valence-corrected chi connectivity index (χ4v) is 4.27. The van der Waals surface area contributed by atoms with Gasteiger partial charge < -0.3 is 15.3 Å². The number of carbonyl (C=O) groups is 1. The topological polar surface area (TPSA) is 73.6 Å². The Labute approximate surface area is 170 Å². The van der Waals surface area contributed by atoms with E-state index in [1.54, 1.807) is 12.3 Å². The van der Waals surface area contributed by atoms with Gasteiger partial charge in [-0.15, -0.1) is 11.6 Å². The lowest BCUT2D eigenvalue weighted by molar-refractivity contribution is -0.119. The maximum atomic E-state index is 12.5. The number of rotatable bonds is 0. The SMILES string of the molecule is CC1(C)c2[nH]c(Br)nc2/C=C\NC(=O)Cc2c([nH]c3ccccc23)CC1Cl. The molecule has 2 aromatic heterocycles. The molecule has 7 heteroatoms. The van der Waals surface area contributed by atoms with E-state index in [9.17, 15) is 4.79 Å². The van der Waals surface area contributed by atoms with Gasteiger partial charge in [0.25, 0.3) is 0 Å². The third-order valence-corrected chi connectivity index (χ3v) is 6.31. The van der Waals surface area contributed by atoms with Crippen LogP contribution >= 0.6 is 27.5 Å². The molecule has 1 atom stereocenters.